The monoisotopic (exact) mass is 326 g/mol. The van der Waals surface area contributed by atoms with Gasteiger partial charge in [-0.25, -0.2) is 9.79 Å². The van der Waals surface area contributed by atoms with Crippen molar-refractivity contribution in [3.63, 3.8) is 0 Å². The molecule has 114 valence electrons. The van der Waals surface area contributed by atoms with Crippen LogP contribution in [0.2, 0.25) is 0 Å². The van der Waals surface area contributed by atoms with Crippen molar-refractivity contribution >= 4 is 41.9 Å². The number of hydrogen-bond donors (Lipinski definition) is 3. The first-order valence-corrected chi connectivity index (χ1v) is 7.23. The Morgan fingerprint density at radius 1 is 1.43 bits per heavy atom. The van der Waals surface area contributed by atoms with Gasteiger partial charge in [0.05, 0.1) is 11.7 Å². The van der Waals surface area contributed by atoms with Crippen molar-refractivity contribution in [3.05, 3.63) is 35.9 Å². The smallest absolute Gasteiger partial charge is 0.327 e. The van der Waals surface area contributed by atoms with Crippen LogP contribution in [0, 0.1) is 0 Å². The second-order valence-corrected chi connectivity index (χ2v) is 4.53. The van der Waals surface area contributed by atoms with Crippen molar-refractivity contribution in [2.24, 2.45) is 4.99 Å². The van der Waals surface area contributed by atoms with E-state index in [4.69, 9.17) is 5.11 Å². The molecule has 0 bridgehead atoms. The van der Waals surface area contributed by atoms with Gasteiger partial charge in [0.25, 0.3) is 0 Å². The number of nitrogens with one attached hydrogen (secondary N) is 1. The van der Waals surface area contributed by atoms with Crippen molar-refractivity contribution in [3.8, 4) is 0 Å². The third-order valence-corrected chi connectivity index (χ3v) is 2.77. The Labute approximate surface area is 134 Å². The fourth-order valence-electron chi connectivity index (χ4n) is 1.31. The minimum atomic E-state index is -1.06. The number of thiocarbonyl (C=S) groups is 1. The first-order valence-electron chi connectivity index (χ1n) is 6.19. The third-order valence-electron chi connectivity index (χ3n) is 2.28. The molecule has 0 saturated heterocycles. The highest BCUT2D eigenvalue weighted by atomic mass is 32.1. The Morgan fingerprint density at radius 3 is 2.43 bits per heavy atom. The number of carboxylic acids is 1. The fourth-order valence-corrected chi connectivity index (χ4v) is 1.64. The first kappa shape index (κ1) is 19.3. The lowest BCUT2D eigenvalue weighted by molar-refractivity contribution is -0.140. The summed E-state index contributed by atoms with van der Waals surface area (Å²) in [6, 6.07) is 9.34. The standard InChI is InChI=1S/C9H9NS.C5H9NO3S/c11-8-10-7-6-9-4-2-1-3-5-9;1-3(7)6-4(2-10)5(8)9/h1-5H,6-7H2;4,10H,2H2,1H3,(H,6,7)(H,8,9). The van der Waals surface area contributed by atoms with Crippen molar-refractivity contribution in [2.75, 3.05) is 12.3 Å². The number of hydrogen-bond acceptors (Lipinski definition) is 5. The molecule has 1 aromatic rings. The van der Waals surface area contributed by atoms with E-state index in [0.717, 1.165) is 13.0 Å². The van der Waals surface area contributed by atoms with Gasteiger partial charge in [-0.05, 0) is 24.2 Å². The summed E-state index contributed by atoms with van der Waals surface area (Å²) in [6.07, 6.45) is 0.949. The molecule has 0 saturated carbocycles. The number of isothiocyanates is 1. The van der Waals surface area contributed by atoms with Gasteiger partial charge in [0.1, 0.15) is 6.04 Å². The Kier molecular flexibility index (Phi) is 11.1. The van der Waals surface area contributed by atoms with Crippen molar-refractivity contribution < 1.29 is 14.7 Å². The van der Waals surface area contributed by atoms with Gasteiger partial charge in [-0.2, -0.15) is 12.6 Å². The van der Waals surface area contributed by atoms with Crippen LogP contribution in [0.4, 0.5) is 0 Å². The number of thiol groups is 1. The van der Waals surface area contributed by atoms with Crippen LogP contribution in [-0.2, 0) is 16.0 Å². The maximum Gasteiger partial charge on any atom is 0.327 e. The molecular formula is C14H18N2O3S2. The normalized spacial score (nSPS) is 10.4. The van der Waals surface area contributed by atoms with Crippen molar-refractivity contribution in [1.29, 1.82) is 0 Å². The maximum absolute atomic E-state index is 10.3. The number of carbonyl (C=O) groups excluding carboxylic acids is 1. The number of amides is 1. The zero-order valence-electron chi connectivity index (χ0n) is 11.7. The topological polar surface area (TPSA) is 78.8 Å². The van der Waals surface area contributed by atoms with Gasteiger partial charge < -0.3 is 10.4 Å². The number of aliphatic imine (C=N–C) groups is 1. The number of aliphatic carboxylic acids is 1. The molecule has 1 aromatic carbocycles. The molecule has 0 aliphatic rings. The summed E-state index contributed by atoms with van der Waals surface area (Å²) in [5.41, 5.74) is 1.29. The predicted octanol–water partition coefficient (Wildman–Crippen LogP) is 1.84. The second kappa shape index (κ2) is 12.1. The Morgan fingerprint density at radius 2 is 2.05 bits per heavy atom. The summed E-state index contributed by atoms with van der Waals surface area (Å²) in [6.45, 7) is 2.01. The largest absolute Gasteiger partial charge is 0.480 e. The minimum Gasteiger partial charge on any atom is -0.480 e. The van der Waals surface area contributed by atoms with Crippen LogP contribution in [0.1, 0.15) is 12.5 Å². The van der Waals surface area contributed by atoms with E-state index in [1.54, 1.807) is 0 Å². The lowest BCUT2D eigenvalue weighted by Gasteiger charge is -2.08. The molecule has 1 atom stereocenters. The zero-order chi connectivity index (χ0) is 16.1. The molecule has 0 heterocycles. The quantitative estimate of drug-likeness (QED) is 0.423. The van der Waals surface area contributed by atoms with E-state index in [9.17, 15) is 9.59 Å². The maximum atomic E-state index is 10.3. The third kappa shape index (κ3) is 10.7. The molecule has 5 nitrogen and oxygen atoms in total. The lowest BCUT2D eigenvalue weighted by Crippen LogP contribution is -2.40. The van der Waals surface area contributed by atoms with Crippen LogP contribution in [0.3, 0.4) is 0 Å². The van der Waals surface area contributed by atoms with Gasteiger partial charge in [-0.1, -0.05) is 30.3 Å². The minimum absolute atomic E-state index is 0.106. The molecule has 7 heteroatoms. The van der Waals surface area contributed by atoms with E-state index in [2.05, 4.69) is 52.4 Å². The van der Waals surface area contributed by atoms with E-state index in [0.29, 0.717) is 0 Å². The Balaban J connectivity index is 0.000000384. The van der Waals surface area contributed by atoms with Crippen LogP contribution in [0.25, 0.3) is 0 Å². The summed E-state index contributed by atoms with van der Waals surface area (Å²) in [5.74, 6) is -1.32. The van der Waals surface area contributed by atoms with E-state index in [1.807, 2.05) is 18.2 Å². The molecule has 1 rings (SSSR count). The summed E-state index contributed by atoms with van der Waals surface area (Å²) >= 11 is 8.18. The number of rotatable bonds is 6. The molecule has 0 aliphatic carbocycles. The van der Waals surface area contributed by atoms with Gasteiger partial charge in [-0.3, -0.25) is 4.79 Å². The highest BCUT2D eigenvalue weighted by molar-refractivity contribution is 7.80. The van der Waals surface area contributed by atoms with Crippen LogP contribution >= 0.6 is 24.8 Å². The average molecular weight is 326 g/mol. The molecule has 2 N–H and O–H groups in total. The van der Waals surface area contributed by atoms with E-state index in [1.165, 1.54) is 12.5 Å². The summed E-state index contributed by atoms with van der Waals surface area (Å²) in [7, 11) is 0. The summed E-state index contributed by atoms with van der Waals surface area (Å²) in [4.78, 5) is 24.3. The molecule has 1 amide bonds. The average Bonchev–Trinajstić information content (AvgIpc) is 2.46. The van der Waals surface area contributed by atoms with Gasteiger partial charge >= 0.3 is 5.97 Å². The molecule has 0 aromatic heterocycles. The van der Waals surface area contributed by atoms with Gasteiger partial charge in [0.2, 0.25) is 5.91 Å². The van der Waals surface area contributed by atoms with E-state index in [-0.39, 0.29) is 11.7 Å². The molecule has 0 aliphatic heterocycles. The highest BCUT2D eigenvalue weighted by Gasteiger charge is 2.15. The van der Waals surface area contributed by atoms with Crippen LogP contribution < -0.4 is 5.32 Å². The molecule has 0 spiro atoms. The van der Waals surface area contributed by atoms with Crippen LogP contribution in [0.15, 0.2) is 35.3 Å². The van der Waals surface area contributed by atoms with Crippen molar-refractivity contribution in [1.82, 2.24) is 5.32 Å². The Hall–Kier alpha value is -1.69. The molecule has 21 heavy (non-hydrogen) atoms. The Bertz CT molecular complexity index is 488. The molecule has 1 unspecified atom stereocenters. The lowest BCUT2D eigenvalue weighted by atomic mass is 10.2. The fraction of sp³-hybridized carbons (Fsp3) is 0.357. The van der Waals surface area contributed by atoms with Gasteiger partial charge in [-0.15, -0.1) is 0 Å². The zero-order valence-corrected chi connectivity index (χ0v) is 13.4. The van der Waals surface area contributed by atoms with E-state index < -0.39 is 12.0 Å². The number of benzene rings is 1. The predicted molar refractivity (Wildman–Crippen MR) is 89.1 cm³/mol. The summed E-state index contributed by atoms with van der Waals surface area (Å²) in [5, 5.41) is 12.9. The number of carboxylic acid groups (broad SMARTS) is 1. The summed E-state index contributed by atoms with van der Waals surface area (Å²) < 4.78 is 0. The van der Waals surface area contributed by atoms with Crippen LogP contribution in [0.5, 0.6) is 0 Å². The number of nitrogens with zero attached hydrogens (tertiary/aromatic N) is 1. The molecular weight excluding hydrogens is 308 g/mol. The molecule has 0 radical (unpaired) electrons. The highest BCUT2D eigenvalue weighted by Crippen LogP contribution is 1.98. The van der Waals surface area contributed by atoms with Gasteiger partial charge in [0, 0.05) is 12.7 Å². The first-order chi connectivity index (χ1) is 10.0. The van der Waals surface area contributed by atoms with Gasteiger partial charge in [0.15, 0.2) is 0 Å². The SMILES string of the molecule is CC(=O)NC(CS)C(=O)O.S=C=NCCc1ccccc1. The van der Waals surface area contributed by atoms with Crippen LogP contribution in [-0.4, -0.2) is 40.5 Å². The number of carbonyl (C=O) groups is 2. The van der Waals surface area contributed by atoms with E-state index >= 15 is 0 Å². The molecule has 0 fully saturated rings. The second-order valence-electron chi connectivity index (χ2n) is 3.98. The van der Waals surface area contributed by atoms with Crippen molar-refractivity contribution in [2.45, 2.75) is 19.4 Å².